The SMILES string of the molecule is CCOc1cc2nc(C3CCOCC3)cn2cc1CC(=O)c1cccc(C2CCOC2)n1. The van der Waals surface area contributed by atoms with E-state index >= 15 is 0 Å². The number of pyridine rings is 2. The molecule has 5 heterocycles. The fourth-order valence-corrected chi connectivity index (χ4v) is 4.56. The van der Waals surface area contributed by atoms with Crippen LogP contribution in [0.2, 0.25) is 0 Å². The summed E-state index contributed by atoms with van der Waals surface area (Å²) < 4.78 is 18.9. The van der Waals surface area contributed by atoms with E-state index in [0.29, 0.717) is 30.6 Å². The molecule has 2 aliphatic heterocycles. The molecule has 7 nitrogen and oxygen atoms in total. The van der Waals surface area contributed by atoms with Crippen LogP contribution in [0.1, 0.15) is 65.5 Å². The van der Waals surface area contributed by atoms with Gasteiger partial charge < -0.3 is 18.6 Å². The van der Waals surface area contributed by atoms with Gasteiger partial charge in [-0.2, -0.15) is 0 Å². The van der Waals surface area contributed by atoms with Gasteiger partial charge in [-0.1, -0.05) is 6.07 Å². The van der Waals surface area contributed by atoms with Crippen LogP contribution in [0.3, 0.4) is 0 Å². The number of rotatable bonds is 7. The molecule has 0 bridgehead atoms. The van der Waals surface area contributed by atoms with Gasteiger partial charge in [0.1, 0.15) is 17.1 Å². The summed E-state index contributed by atoms with van der Waals surface area (Å²) in [7, 11) is 0. The maximum Gasteiger partial charge on any atom is 0.185 e. The smallest absolute Gasteiger partial charge is 0.185 e. The second-order valence-electron chi connectivity index (χ2n) is 8.52. The van der Waals surface area contributed by atoms with Crippen molar-refractivity contribution in [3.8, 4) is 5.75 Å². The number of aromatic nitrogens is 3. The van der Waals surface area contributed by atoms with Gasteiger partial charge in [0.15, 0.2) is 5.78 Å². The van der Waals surface area contributed by atoms with E-state index < -0.39 is 0 Å². The maximum atomic E-state index is 13.1. The molecule has 5 rings (SSSR count). The highest BCUT2D eigenvalue weighted by atomic mass is 16.5. The number of carbonyl (C=O) groups excluding carboxylic acids is 1. The summed E-state index contributed by atoms with van der Waals surface area (Å²) in [5, 5.41) is 0. The molecule has 0 amide bonds. The van der Waals surface area contributed by atoms with Gasteiger partial charge in [0, 0.05) is 67.8 Å². The van der Waals surface area contributed by atoms with E-state index in [1.165, 1.54) is 0 Å². The van der Waals surface area contributed by atoms with Crippen LogP contribution in [-0.4, -0.2) is 53.2 Å². The number of Topliss-reactive ketones (excluding diaryl/α,β-unsaturated/α-hetero) is 1. The van der Waals surface area contributed by atoms with Gasteiger partial charge in [0.25, 0.3) is 0 Å². The topological polar surface area (TPSA) is 75.0 Å². The Morgan fingerprint density at radius 1 is 1.06 bits per heavy atom. The fraction of sp³-hybridized carbons (Fsp3) is 0.480. The lowest BCUT2D eigenvalue weighted by Crippen LogP contribution is -2.14. The summed E-state index contributed by atoms with van der Waals surface area (Å²) >= 11 is 0. The maximum absolute atomic E-state index is 13.1. The molecule has 3 aromatic heterocycles. The molecule has 0 spiro atoms. The number of ether oxygens (including phenoxy) is 3. The van der Waals surface area contributed by atoms with E-state index in [1.54, 1.807) is 6.07 Å². The quantitative estimate of drug-likeness (QED) is 0.523. The Labute approximate surface area is 187 Å². The van der Waals surface area contributed by atoms with Crippen molar-refractivity contribution in [2.75, 3.05) is 33.0 Å². The molecule has 1 unspecified atom stereocenters. The van der Waals surface area contributed by atoms with E-state index in [2.05, 4.69) is 11.2 Å². The average Bonchev–Trinajstić information content (AvgIpc) is 3.50. The van der Waals surface area contributed by atoms with Gasteiger partial charge in [0.05, 0.1) is 18.9 Å². The third-order valence-electron chi connectivity index (χ3n) is 6.35. The minimum atomic E-state index is -0.0177. The molecule has 0 saturated carbocycles. The monoisotopic (exact) mass is 435 g/mol. The Kier molecular flexibility index (Phi) is 6.19. The molecule has 7 heteroatoms. The average molecular weight is 436 g/mol. The fourth-order valence-electron chi connectivity index (χ4n) is 4.56. The lowest BCUT2D eigenvalue weighted by molar-refractivity contribution is 0.0846. The van der Waals surface area contributed by atoms with Crippen LogP contribution in [0.25, 0.3) is 5.65 Å². The standard InChI is InChI=1S/C25H29N3O4/c1-2-32-24-13-25-27-22(17-6-9-30-10-7-17)15-28(25)14-19(24)12-23(29)21-5-3-4-20(26-21)18-8-11-31-16-18/h3-5,13-15,17-18H,2,6-12,16H2,1H3. The van der Waals surface area contributed by atoms with Crippen molar-refractivity contribution >= 4 is 11.4 Å². The lowest BCUT2D eigenvalue weighted by Gasteiger charge is -2.19. The number of hydrogen-bond donors (Lipinski definition) is 0. The molecule has 0 N–H and O–H groups in total. The molecule has 168 valence electrons. The van der Waals surface area contributed by atoms with E-state index in [9.17, 15) is 4.79 Å². The molecular formula is C25H29N3O4. The van der Waals surface area contributed by atoms with Crippen LogP contribution >= 0.6 is 0 Å². The van der Waals surface area contributed by atoms with Gasteiger partial charge in [-0.15, -0.1) is 0 Å². The van der Waals surface area contributed by atoms with Gasteiger partial charge in [-0.3, -0.25) is 4.79 Å². The molecule has 3 aromatic rings. The third-order valence-corrected chi connectivity index (χ3v) is 6.35. The minimum absolute atomic E-state index is 0.0177. The zero-order valence-corrected chi connectivity index (χ0v) is 18.5. The summed E-state index contributed by atoms with van der Waals surface area (Å²) in [5.74, 6) is 1.37. The van der Waals surface area contributed by atoms with Gasteiger partial charge >= 0.3 is 0 Å². The van der Waals surface area contributed by atoms with Gasteiger partial charge in [0.2, 0.25) is 0 Å². The summed E-state index contributed by atoms with van der Waals surface area (Å²) in [6.07, 6.45) is 7.21. The van der Waals surface area contributed by atoms with Crippen LogP contribution < -0.4 is 4.74 Å². The number of carbonyl (C=O) groups is 1. The third kappa shape index (κ3) is 4.40. The molecule has 1 atom stereocenters. The second kappa shape index (κ2) is 9.38. The first-order valence-corrected chi connectivity index (χ1v) is 11.5. The van der Waals surface area contributed by atoms with E-state index in [1.807, 2.05) is 35.7 Å². The predicted octanol–water partition coefficient (Wildman–Crippen LogP) is 3.95. The van der Waals surface area contributed by atoms with Crippen molar-refractivity contribution in [3.63, 3.8) is 0 Å². The first-order chi connectivity index (χ1) is 15.7. The normalized spacial score (nSPS) is 19.5. The number of fused-ring (bicyclic) bond motifs is 1. The molecule has 32 heavy (non-hydrogen) atoms. The summed E-state index contributed by atoms with van der Waals surface area (Å²) in [4.78, 5) is 22.6. The number of ketones is 1. The van der Waals surface area contributed by atoms with E-state index in [0.717, 1.165) is 61.7 Å². The molecular weight excluding hydrogens is 406 g/mol. The second-order valence-corrected chi connectivity index (χ2v) is 8.52. The minimum Gasteiger partial charge on any atom is -0.493 e. The van der Waals surface area contributed by atoms with Crippen LogP contribution in [0.4, 0.5) is 0 Å². The van der Waals surface area contributed by atoms with E-state index in [4.69, 9.17) is 19.2 Å². The zero-order chi connectivity index (χ0) is 21.9. The summed E-state index contributed by atoms with van der Waals surface area (Å²) in [5.41, 5.74) is 4.19. The Morgan fingerprint density at radius 2 is 1.88 bits per heavy atom. The first kappa shape index (κ1) is 21.1. The van der Waals surface area contributed by atoms with Crippen molar-refractivity contribution < 1.29 is 19.0 Å². The van der Waals surface area contributed by atoms with Gasteiger partial charge in [-0.05, 0) is 38.3 Å². The molecule has 2 saturated heterocycles. The molecule has 2 aliphatic rings. The van der Waals surface area contributed by atoms with E-state index in [-0.39, 0.29) is 18.1 Å². The summed E-state index contributed by atoms with van der Waals surface area (Å²) in [6.45, 7) is 5.46. The molecule has 0 aliphatic carbocycles. The summed E-state index contributed by atoms with van der Waals surface area (Å²) in [6, 6.07) is 7.63. The van der Waals surface area contributed by atoms with Gasteiger partial charge in [-0.25, -0.2) is 9.97 Å². The first-order valence-electron chi connectivity index (χ1n) is 11.5. The Bertz CT molecular complexity index is 1100. The predicted molar refractivity (Wildman–Crippen MR) is 120 cm³/mol. The van der Waals surface area contributed by atoms with Crippen molar-refractivity contribution in [1.29, 1.82) is 0 Å². The van der Waals surface area contributed by atoms with Crippen molar-refractivity contribution in [2.45, 2.75) is 44.4 Å². The van der Waals surface area contributed by atoms with Crippen LogP contribution in [0.5, 0.6) is 5.75 Å². The van der Waals surface area contributed by atoms with Crippen LogP contribution in [0.15, 0.2) is 36.7 Å². The largest absolute Gasteiger partial charge is 0.493 e. The Morgan fingerprint density at radius 3 is 2.66 bits per heavy atom. The lowest BCUT2D eigenvalue weighted by atomic mass is 9.97. The van der Waals surface area contributed by atoms with Crippen molar-refractivity contribution in [2.24, 2.45) is 0 Å². The Hall–Kier alpha value is -2.77. The van der Waals surface area contributed by atoms with Crippen molar-refractivity contribution in [3.05, 3.63) is 59.3 Å². The number of nitrogens with zero attached hydrogens (tertiary/aromatic N) is 3. The van der Waals surface area contributed by atoms with Crippen molar-refractivity contribution in [1.82, 2.24) is 14.4 Å². The zero-order valence-electron chi connectivity index (χ0n) is 18.5. The highest BCUT2D eigenvalue weighted by Gasteiger charge is 2.22. The number of hydrogen-bond acceptors (Lipinski definition) is 6. The molecule has 0 radical (unpaired) electrons. The molecule has 0 aromatic carbocycles. The van der Waals surface area contributed by atoms with Crippen LogP contribution in [-0.2, 0) is 15.9 Å². The number of imidazole rings is 1. The highest BCUT2D eigenvalue weighted by Crippen LogP contribution is 2.29. The van der Waals surface area contributed by atoms with Crippen LogP contribution in [0, 0.1) is 0 Å². The highest BCUT2D eigenvalue weighted by molar-refractivity contribution is 5.96. The Balaban J connectivity index is 1.41. The molecule has 2 fully saturated rings.